The molecule has 0 spiro atoms. The molecule has 0 unspecified atom stereocenters. The highest BCUT2D eigenvalue weighted by Crippen LogP contribution is 2.31. The van der Waals surface area contributed by atoms with Crippen LogP contribution in [0.15, 0.2) is 67.3 Å². The molecular weight excluding hydrogens is 428 g/mol. The molecule has 0 aliphatic carbocycles. The quantitative estimate of drug-likeness (QED) is 0.380. The molecule has 2 N–H and O–H groups in total. The highest BCUT2D eigenvalue weighted by Gasteiger charge is 2.12. The zero-order chi connectivity index (χ0) is 22.0. The predicted octanol–water partition coefficient (Wildman–Crippen LogP) is 4.94. The Labute approximate surface area is 195 Å². The van der Waals surface area contributed by atoms with E-state index in [2.05, 4.69) is 78.5 Å². The highest BCUT2D eigenvalue weighted by molar-refractivity contribution is 7.20. The summed E-state index contributed by atoms with van der Waals surface area (Å²) in [4.78, 5) is 14.4. The third kappa shape index (κ3) is 4.19. The number of nitrogens with zero attached hydrogens (tertiary/aromatic N) is 4. The van der Waals surface area contributed by atoms with E-state index in [1.54, 1.807) is 17.7 Å². The number of thiophene rings is 1. The van der Waals surface area contributed by atoms with Crippen LogP contribution in [0.5, 0.6) is 0 Å². The third-order valence-electron chi connectivity index (χ3n) is 5.83. The van der Waals surface area contributed by atoms with Gasteiger partial charge in [-0.05, 0) is 61.9 Å². The van der Waals surface area contributed by atoms with Crippen LogP contribution in [-0.4, -0.2) is 32.1 Å². The Bertz CT molecular complexity index is 1490. The van der Waals surface area contributed by atoms with Gasteiger partial charge in [0.15, 0.2) is 5.82 Å². The van der Waals surface area contributed by atoms with Crippen molar-refractivity contribution in [3.8, 4) is 11.8 Å². The van der Waals surface area contributed by atoms with Crippen molar-refractivity contribution in [1.29, 1.82) is 0 Å². The minimum absolute atomic E-state index is 0.301. The smallest absolute Gasteiger partial charge is 0.151 e. The molecular formula is C26H22N6S. The van der Waals surface area contributed by atoms with Crippen LogP contribution in [0, 0.1) is 11.8 Å². The van der Waals surface area contributed by atoms with Gasteiger partial charge in [0, 0.05) is 29.0 Å². The molecule has 1 saturated heterocycles. The minimum Gasteiger partial charge on any atom is -0.341 e. The van der Waals surface area contributed by atoms with Gasteiger partial charge < -0.3 is 15.2 Å². The number of fused-ring (bicyclic) bond motifs is 2. The van der Waals surface area contributed by atoms with Gasteiger partial charge in [0.25, 0.3) is 0 Å². The number of pyridine rings is 1. The molecule has 33 heavy (non-hydrogen) atoms. The summed E-state index contributed by atoms with van der Waals surface area (Å²) in [5.74, 6) is 7.47. The Morgan fingerprint density at radius 2 is 2.12 bits per heavy atom. The molecule has 1 aliphatic rings. The molecule has 0 saturated carbocycles. The summed E-state index contributed by atoms with van der Waals surface area (Å²) < 4.78 is 3.24. The number of hydrogen-bond donors (Lipinski definition) is 2. The summed E-state index contributed by atoms with van der Waals surface area (Å²) in [6.45, 7) is 1.81. The summed E-state index contributed by atoms with van der Waals surface area (Å²) in [5.41, 5.74) is 4.13. The molecule has 1 atom stereocenters. The van der Waals surface area contributed by atoms with Gasteiger partial charge in [0.1, 0.15) is 6.33 Å². The molecule has 4 aromatic heterocycles. The van der Waals surface area contributed by atoms with Crippen molar-refractivity contribution in [1.82, 2.24) is 24.8 Å². The van der Waals surface area contributed by atoms with Gasteiger partial charge in [-0.1, -0.05) is 17.9 Å². The number of hydrogen-bond acceptors (Lipinski definition) is 6. The zero-order valence-electron chi connectivity index (χ0n) is 18.0. The Morgan fingerprint density at radius 1 is 1.12 bits per heavy atom. The molecule has 0 amide bonds. The van der Waals surface area contributed by atoms with E-state index < -0.39 is 0 Å². The molecule has 1 fully saturated rings. The predicted molar refractivity (Wildman–Crippen MR) is 134 cm³/mol. The average Bonchev–Trinajstić information content (AvgIpc) is 3.59. The van der Waals surface area contributed by atoms with E-state index in [0.717, 1.165) is 51.8 Å². The molecule has 0 radical (unpaired) electrons. The van der Waals surface area contributed by atoms with E-state index in [4.69, 9.17) is 0 Å². The zero-order valence-corrected chi connectivity index (χ0v) is 18.8. The second-order valence-corrected chi connectivity index (χ2v) is 9.18. The molecule has 5 aromatic rings. The summed E-state index contributed by atoms with van der Waals surface area (Å²) in [6, 6.07) is 16.9. The number of nitrogens with one attached hydrogen (secondary N) is 2. The molecule has 1 aromatic carbocycles. The van der Waals surface area contributed by atoms with Crippen molar-refractivity contribution < 1.29 is 0 Å². The molecule has 1 aliphatic heterocycles. The Kier molecular flexibility index (Phi) is 5.23. The van der Waals surface area contributed by atoms with E-state index in [1.165, 1.54) is 17.3 Å². The molecule has 0 bridgehead atoms. The minimum atomic E-state index is 0.301. The summed E-state index contributed by atoms with van der Waals surface area (Å²) >= 11 is 1.64. The van der Waals surface area contributed by atoms with Crippen LogP contribution in [0.2, 0.25) is 0 Å². The summed E-state index contributed by atoms with van der Waals surface area (Å²) in [7, 11) is 0. The van der Waals surface area contributed by atoms with E-state index >= 15 is 0 Å². The number of benzene rings is 1. The maximum absolute atomic E-state index is 4.51. The van der Waals surface area contributed by atoms with Crippen LogP contribution in [0.3, 0.4) is 0 Å². The van der Waals surface area contributed by atoms with Gasteiger partial charge in [-0.3, -0.25) is 4.98 Å². The lowest BCUT2D eigenvalue weighted by atomic mass is 10.2. The van der Waals surface area contributed by atoms with Gasteiger partial charge in [-0.2, -0.15) is 0 Å². The fourth-order valence-electron chi connectivity index (χ4n) is 4.19. The van der Waals surface area contributed by atoms with Gasteiger partial charge in [0.2, 0.25) is 0 Å². The first-order valence-electron chi connectivity index (χ1n) is 11.1. The first kappa shape index (κ1) is 19.9. The summed E-state index contributed by atoms with van der Waals surface area (Å²) in [6.07, 6.45) is 7.86. The normalized spacial score (nSPS) is 15.6. The van der Waals surface area contributed by atoms with Crippen molar-refractivity contribution in [3.05, 3.63) is 77.8 Å². The number of rotatable bonds is 4. The molecule has 6 nitrogen and oxygen atoms in total. The van der Waals surface area contributed by atoms with Crippen LogP contribution < -0.4 is 10.6 Å². The maximum Gasteiger partial charge on any atom is 0.151 e. The van der Waals surface area contributed by atoms with E-state index in [1.807, 2.05) is 24.4 Å². The average molecular weight is 451 g/mol. The van der Waals surface area contributed by atoms with Crippen LogP contribution in [0.4, 0.5) is 11.5 Å². The SMILES string of the molecule is C(#C[C@H]1CCCN1)c1cc2ncnc(Nc3ccc4c(ccn4Cc4ccccn4)c3)c2s1. The largest absolute Gasteiger partial charge is 0.341 e. The second-order valence-electron chi connectivity index (χ2n) is 8.13. The van der Waals surface area contributed by atoms with Gasteiger partial charge in [0.05, 0.1) is 33.4 Å². The molecule has 5 heterocycles. The second kappa shape index (κ2) is 8.66. The number of anilines is 2. The third-order valence-corrected chi connectivity index (χ3v) is 6.88. The first-order valence-corrected chi connectivity index (χ1v) is 11.9. The van der Waals surface area contributed by atoms with Crippen LogP contribution >= 0.6 is 11.3 Å². The van der Waals surface area contributed by atoms with Gasteiger partial charge >= 0.3 is 0 Å². The lowest BCUT2D eigenvalue weighted by Gasteiger charge is -2.08. The van der Waals surface area contributed by atoms with Crippen LogP contribution in [0.25, 0.3) is 21.1 Å². The number of aromatic nitrogens is 4. The van der Waals surface area contributed by atoms with Gasteiger partial charge in [-0.25, -0.2) is 9.97 Å². The van der Waals surface area contributed by atoms with Crippen LogP contribution in [-0.2, 0) is 6.54 Å². The van der Waals surface area contributed by atoms with Crippen molar-refractivity contribution in [2.75, 3.05) is 11.9 Å². The van der Waals surface area contributed by atoms with E-state index in [-0.39, 0.29) is 0 Å². The standard InChI is InChI=1S/C26H22N6S/c1-2-11-28-21(4-1)16-32-13-10-18-14-20(7-9-24(18)32)31-26-25-23(29-17-30-26)15-22(33-25)8-6-19-5-3-12-27-19/h1-2,4,7,9-11,13-15,17,19,27H,3,5,12,16H2,(H,29,30,31)/t19-/m1/s1. The topological polar surface area (TPSA) is 67.7 Å². The lowest BCUT2D eigenvalue weighted by Crippen LogP contribution is -2.18. The first-order chi connectivity index (χ1) is 16.3. The maximum atomic E-state index is 4.51. The van der Waals surface area contributed by atoms with Crippen molar-refractivity contribution in [2.24, 2.45) is 0 Å². The molecule has 162 valence electrons. The highest BCUT2D eigenvalue weighted by atomic mass is 32.1. The van der Waals surface area contributed by atoms with Gasteiger partial charge in [-0.15, -0.1) is 11.3 Å². The van der Waals surface area contributed by atoms with Crippen molar-refractivity contribution >= 4 is 44.0 Å². The van der Waals surface area contributed by atoms with Crippen molar-refractivity contribution in [2.45, 2.75) is 25.4 Å². The van der Waals surface area contributed by atoms with E-state index in [0.29, 0.717) is 6.04 Å². The van der Waals surface area contributed by atoms with Crippen LogP contribution in [0.1, 0.15) is 23.4 Å². The Balaban J connectivity index is 1.26. The molecule has 7 heteroatoms. The van der Waals surface area contributed by atoms with Crippen molar-refractivity contribution in [3.63, 3.8) is 0 Å². The summed E-state index contributed by atoms with van der Waals surface area (Å²) in [5, 5.41) is 8.08. The fourth-order valence-corrected chi connectivity index (χ4v) is 5.11. The van der Waals surface area contributed by atoms with E-state index in [9.17, 15) is 0 Å². The molecule has 6 rings (SSSR count). The monoisotopic (exact) mass is 450 g/mol. The fraction of sp³-hybridized carbons (Fsp3) is 0.192. The lowest BCUT2D eigenvalue weighted by molar-refractivity contribution is 0.749. The Hall–Kier alpha value is -3.73. The Morgan fingerprint density at radius 3 is 3.00 bits per heavy atom.